The Balaban J connectivity index is 2.11. The highest BCUT2D eigenvalue weighted by Gasteiger charge is 2.29. The van der Waals surface area contributed by atoms with E-state index in [1.165, 1.54) is 43.5 Å². The van der Waals surface area contributed by atoms with Crippen LogP contribution in [0.4, 0.5) is 11.4 Å². The van der Waals surface area contributed by atoms with E-state index in [9.17, 15) is 33.0 Å². The van der Waals surface area contributed by atoms with Crippen molar-refractivity contribution in [3.63, 3.8) is 0 Å². The minimum atomic E-state index is -4.32. The van der Waals surface area contributed by atoms with Gasteiger partial charge in [0.1, 0.15) is 18.3 Å². The van der Waals surface area contributed by atoms with E-state index in [1.807, 2.05) is 0 Å². The van der Waals surface area contributed by atoms with Gasteiger partial charge >= 0.3 is 17.9 Å². The summed E-state index contributed by atoms with van der Waals surface area (Å²) in [5.74, 6) is -3.34. The predicted molar refractivity (Wildman–Crippen MR) is 131 cm³/mol. The van der Waals surface area contributed by atoms with Crippen LogP contribution in [0.25, 0.3) is 10.8 Å². The molecule has 3 rings (SSSR count). The Morgan fingerprint density at radius 2 is 1.56 bits per heavy atom. The second-order valence-corrected chi connectivity index (χ2v) is 9.59. The number of hydrogen-bond acceptors (Lipinski definition) is 7. The van der Waals surface area contributed by atoms with E-state index >= 15 is 0 Å². The number of anilines is 2. The molecule has 12 heteroatoms. The lowest BCUT2D eigenvalue weighted by Gasteiger charge is -2.25. The number of aliphatic carboxylic acids is 3. The van der Waals surface area contributed by atoms with Crippen LogP contribution >= 0.6 is 0 Å². The van der Waals surface area contributed by atoms with E-state index in [0.717, 1.165) is 4.31 Å². The van der Waals surface area contributed by atoms with Crippen LogP contribution in [-0.2, 0) is 24.4 Å². The summed E-state index contributed by atoms with van der Waals surface area (Å²) in [7, 11) is -2.89. The molecule has 0 saturated carbocycles. The van der Waals surface area contributed by atoms with E-state index in [0.29, 0.717) is 22.2 Å². The molecule has 190 valence electrons. The molecule has 36 heavy (non-hydrogen) atoms. The van der Waals surface area contributed by atoms with Gasteiger partial charge in [-0.05, 0) is 42.8 Å². The van der Waals surface area contributed by atoms with Crippen molar-refractivity contribution < 1.29 is 42.9 Å². The van der Waals surface area contributed by atoms with E-state index in [1.54, 1.807) is 24.3 Å². The van der Waals surface area contributed by atoms with Gasteiger partial charge in [0.05, 0.1) is 17.7 Å². The fourth-order valence-corrected chi connectivity index (χ4v) is 5.07. The van der Waals surface area contributed by atoms with Gasteiger partial charge in [0.2, 0.25) is 0 Å². The van der Waals surface area contributed by atoms with Crippen LogP contribution in [0.15, 0.2) is 65.6 Å². The number of sulfonamides is 1. The van der Waals surface area contributed by atoms with Crippen molar-refractivity contribution >= 4 is 50.1 Å². The fraction of sp³-hybridized carbons (Fsp3) is 0.208. The van der Waals surface area contributed by atoms with Gasteiger partial charge in [0.25, 0.3) is 10.0 Å². The predicted octanol–water partition coefficient (Wildman–Crippen LogP) is 2.86. The van der Waals surface area contributed by atoms with Crippen LogP contribution in [0, 0.1) is 0 Å². The van der Waals surface area contributed by atoms with Gasteiger partial charge in [-0.2, -0.15) is 0 Å². The second-order valence-electron chi connectivity index (χ2n) is 7.73. The molecule has 11 nitrogen and oxygen atoms in total. The molecule has 0 aliphatic carbocycles. The number of nitrogens with zero attached hydrogens (tertiary/aromatic N) is 1. The number of carbonyl (C=O) groups is 3. The molecule has 0 aliphatic heterocycles. The number of carboxylic acids is 3. The van der Waals surface area contributed by atoms with Crippen LogP contribution in [0.1, 0.15) is 12.8 Å². The molecule has 0 spiro atoms. The molecule has 4 N–H and O–H groups in total. The molecule has 3 aromatic rings. The van der Waals surface area contributed by atoms with Crippen molar-refractivity contribution in [2.24, 2.45) is 0 Å². The summed E-state index contributed by atoms with van der Waals surface area (Å²) in [5.41, 5.74) is 0.399. The van der Waals surface area contributed by atoms with E-state index in [-0.39, 0.29) is 23.4 Å². The first-order valence-corrected chi connectivity index (χ1v) is 12.1. The molecule has 0 amide bonds. The molecular weight excluding hydrogens is 492 g/mol. The number of nitrogens with one attached hydrogen (secondary N) is 1. The van der Waals surface area contributed by atoms with Crippen molar-refractivity contribution in [3.8, 4) is 5.75 Å². The Labute approximate surface area is 206 Å². The molecule has 0 unspecified atom stereocenters. The number of hydrogen-bond donors (Lipinski definition) is 4. The first kappa shape index (κ1) is 26.3. The van der Waals surface area contributed by atoms with Gasteiger partial charge in [-0.1, -0.05) is 24.3 Å². The highest BCUT2D eigenvalue weighted by molar-refractivity contribution is 7.92. The van der Waals surface area contributed by atoms with Gasteiger partial charge in [-0.15, -0.1) is 0 Å². The minimum absolute atomic E-state index is 0.0757. The minimum Gasteiger partial charge on any atom is -0.497 e. The molecule has 0 aliphatic rings. The standard InChI is InChI=1S/C24H24N2O9S/c1-35-15-6-8-16(9-7-15)36(33,34)26(14-23(29)30)21-12-10-19(17-4-2-3-5-18(17)21)25-20(24(31)32)11-13-22(27)28/h2-10,12,20,25H,11,13-14H2,1H3,(H,27,28)(H,29,30)(H,31,32)/t20-/m0/s1. The van der Waals surface area contributed by atoms with E-state index < -0.39 is 40.5 Å². The zero-order valence-corrected chi connectivity index (χ0v) is 19.9. The van der Waals surface area contributed by atoms with Gasteiger partial charge in [-0.3, -0.25) is 13.9 Å². The first-order chi connectivity index (χ1) is 17.0. The maximum Gasteiger partial charge on any atom is 0.326 e. The largest absolute Gasteiger partial charge is 0.497 e. The Bertz CT molecular complexity index is 1390. The number of fused-ring (bicyclic) bond motifs is 1. The highest BCUT2D eigenvalue weighted by atomic mass is 32.2. The third-order valence-electron chi connectivity index (χ3n) is 5.37. The van der Waals surface area contributed by atoms with Crippen molar-refractivity contribution in [3.05, 3.63) is 60.7 Å². The van der Waals surface area contributed by atoms with Crippen molar-refractivity contribution in [1.82, 2.24) is 0 Å². The normalized spacial score (nSPS) is 12.0. The Kier molecular flexibility index (Phi) is 8.00. The van der Waals surface area contributed by atoms with Crippen LogP contribution in [-0.4, -0.2) is 61.3 Å². The molecule has 1 atom stereocenters. The van der Waals surface area contributed by atoms with E-state index in [4.69, 9.17) is 9.84 Å². The summed E-state index contributed by atoms with van der Waals surface area (Å²) >= 11 is 0. The smallest absolute Gasteiger partial charge is 0.326 e. The van der Waals surface area contributed by atoms with Crippen molar-refractivity contribution in [1.29, 1.82) is 0 Å². The lowest BCUT2D eigenvalue weighted by atomic mass is 10.0. The van der Waals surface area contributed by atoms with Gasteiger partial charge in [0.15, 0.2) is 0 Å². The molecule has 3 aromatic carbocycles. The maximum absolute atomic E-state index is 13.5. The van der Waals surface area contributed by atoms with Crippen LogP contribution in [0.3, 0.4) is 0 Å². The monoisotopic (exact) mass is 516 g/mol. The summed E-state index contributed by atoms with van der Waals surface area (Å²) in [6, 6.07) is 13.6. The van der Waals surface area contributed by atoms with Crippen molar-refractivity contribution in [2.45, 2.75) is 23.8 Å². The Hall–Kier alpha value is -4.32. The van der Waals surface area contributed by atoms with E-state index in [2.05, 4.69) is 5.32 Å². The molecule has 0 fully saturated rings. The highest BCUT2D eigenvalue weighted by Crippen LogP contribution is 2.35. The van der Waals surface area contributed by atoms with Crippen LogP contribution in [0.2, 0.25) is 0 Å². The van der Waals surface area contributed by atoms with Crippen LogP contribution < -0.4 is 14.4 Å². The molecule has 0 bridgehead atoms. The second kappa shape index (κ2) is 11.0. The average Bonchev–Trinajstić information content (AvgIpc) is 2.84. The van der Waals surface area contributed by atoms with Crippen molar-refractivity contribution in [2.75, 3.05) is 23.3 Å². The summed E-state index contributed by atoms with van der Waals surface area (Å²) in [6.45, 7) is -0.860. The summed E-state index contributed by atoms with van der Waals surface area (Å²) in [6.07, 6.45) is -0.551. The lowest BCUT2D eigenvalue weighted by molar-refractivity contribution is -0.139. The third-order valence-corrected chi connectivity index (χ3v) is 7.14. The van der Waals surface area contributed by atoms with Crippen LogP contribution in [0.5, 0.6) is 5.75 Å². The molecule has 0 heterocycles. The Morgan fingerprint density at radius 3 is 2.11 bits per heavy atom. The average molecular weight is 517 g/mol. The number of benzene rings is 3. The molecule has 0 saturated heterocycles. The zero-order valence-electron chi connectivity index (χ0n) is 19.1. The van der Waals surface area contributed by atoms with Gasteiger partial charge in [-0.25, -0.2) is 13.2 Å². The fourth-order valence-electron chi connectivity index (χ4n) is 3.64. The summed E-state index contributed by atoms with van der Waals surface area (Å²) in [4.78, 5) is 34.1. The quantitative estimate of drug-likeness (QED) is 0.281. The first-order valence-electron chi connectivity index (χ1n) is 10.7. The number of rotatable bonds is 12. The maximum atomic E-state index is 13.5. The zero-order chi connectivity index (χ0) is 26.5. The lowest BCUT2D eigenvalue weighted by Crippen LogP contribution is -2.36. The Morgan fingerprint density at radius 1 is 0.917 bits per heavy atom. The number of ether oxygens (including phenoxy) is 1. The summed E-state index contributed by atoms with van der Waals surface area (Å²) < 4.78 is 32.8. The van der Waals surface area contributed by atoms with Gasteiger partial charge in [0, 0.05) is 22.9 Å². The molecular formula is C24H24N2O9S. The van der Waals surface area contributed by atoms with Gasteiger partial charge < -0.3 is 25.4 Å². The molecule has 0 radical (unpaired) electrons. The number of methoxy groups -OCH3 is 1. The SMILES string of the molecule is COc1ccc(S(=O)(=O)N(CC(=O)O)c2ccc(N[C@@H](CCC(=O)O)C(=O)O)c3ccccc23)cc1. The summed E-state index contributed by atoms with van der Waals surface area (Å²) in [5, 5.41) is 31.5. The molecule has 0 aromatic heterocycles. The topological polar surface area (TPSA) is 171 Å². The third kappa shape index (κ3) is 5.84. The number of carboxylic acid groups (broad SMARTS) is 3.